The average Bonchev–Trinajstić information content (AvgIpc) is 2.53. The minimum absolute atomic E-state index is 0.164. The van der Waals surface area contributed by atoms with Crippen LogP contribution in [0.1, 0.15) is 31.1 Å². The van der Waals surface area contributed by atoms with Gasteiger partial charge in [-0.15, -0.1) is 0 Å². The van der Waals surface area contributed by atoms with E-state index in [-0.39, 0.29) is 12.4 Å². The number of rotatable bonds is 4. The van der Waals surface area contributed by atoms with E-state index in [4.69, 9.17) is 21.1 Å². The first-order valence-electron chi connectivity index (χ1n) is 7.53. The van der Waals surface area contributed by atoms with Gasteiger partial charge in [0.25, 0.3) is 0 Å². The number of benzene rings is 2. The van der Waals surface area contributed by atoms with Crippen LogP contribution in [0.15, 0.2) is 48.5 Å². The smallest absolute Gasteiger partial charge is 0.213 e. The largest absolute Gasteiger partial charge is 0.463 e. The molecule has 3 nitrogen and oxygen atoms in total. The average molecular weight is 318 g/mol. The molecule has 1 N–H and O–H groups in total. The zero-order valence-corrected chi connectivity index (χ0v) is 13.5. The van der Waals surface area contributed by atoms with Gasteiger partial charge in [0.1, 0.15) is 11.9 Å². The first-order valence-corrected chi connectivity index (χ1v) is 7.91. The van der Waals surface area contributed by atoms with Gasteiger partial charge < -0.3 is 14.8 Å². The Bertz CT molecular complexity index is 630. The van der Waals surface area contributed by atoms with Crippen LogP contribution in [0, 0.1) is 0 Å². The van der Waals surface area contributed by atoms with Crippen LogP contribution in [0.4, 0.5) is 0 Å². The van der Waals surface area contributed by atoms with Crippen molar-refractivity contribution in [3.63, 3.8) is 0 Å². The van der Waals surface area contributed by atoms with Crippen LogP contribution in [0.3, 0.4) is 0 Å². The molecule has 4 heteroatoms. The highest BCUT2D eigenvalue weighted by Crippen LogP contribution is 2.39. The van der Waals surface area contributed by atoms with E-state index in [0.29, 0.717) is 17.6 Å². The van der Waals surface area contributed by atoms with Gasteiger partial charge in [-0.05, 0) is 23.8 Å². The van der Waals surface area contributed by atoms with Crippen LogP contribution >= 0.6 is 11.6 Å². The van der Waals surface area contributed by atoms with Crippen LogP contribution in [0.5, 0.6) is 5.75 Å². The second-order valence-corrected chi connectivity index (χ2v) is 6.16. The molecule has 0 saturated heterocycles. The molecule has 0 unspecified atom stereocenters. The van der Waals surface area contributed by atoms with Crippen molar-refractivity contribution in [3.05, 3.63) is 64.7 Å². The van der Waals surface area contributed by atoms with E-state index < -0.39 is 0 Å². The summed E-state index contributed by atoms with van der Waals surface area (Å²) in [6.07, 6.45) is -0.483. The fourth-order valence-electron chi connectivity index (χ4n) is 2.53. The second kappa shape index (κ2) is 6.69. The minimum Gasteiger partial charge on any atom is -0.463 e. The summed E-state index contributed by atoms with van der Waals surface area (Å²) in [6, 6.07) is 16.2. The Hall–Kier alpha value is -1.55. The van der Waals surface area contributed by atoms with Gasteiger partial charge in [-0.2, -0.15) is 0 Å². The van der Waals surface area contributed by atoms with E-state index >= 15 is 0 Å². The van der Waals surface area contributed by atoms with Gasteiger partial charge in [-0.1, -0.05) is 55.8 Å². The number of ether oxygens (including phenoxy) is 2. The van der Waals surface area contributed by atoms with E-state index in [1.54, 1.807) is 0 Å². The predicted octanol–water partition coefficient (Wildman–Crippen LogP) is 4.16. The lowest BCUT2D eigenvalue weighted by molar-refractivity contribution is -0.125. The van der Waals surface area contributed by atoms with Gasteiger partial charge in [0.05, 0.1) is 6.54 Å². The lowest BCUT2D eigenvalue weighted by Gasteiger charge is -2.33. The summed E-state index contributed by atoms with van der Waals surface area (Å²) >= 11 is 6.15. The second-order valence-electron chi connectivity index (χ2n) is 5.72. The summed E-state index contributed by atoms with van der Waals surface area (Å²) in [5, 5.41) is 4.04. The predicted molar refractivity (Wildman–Crippen MR) is 88.4 cm³/mol. The summed E-state index contributed by atoms with van der Waals surface area (Å²) in [5.41, 5.74) is 2.07. The first kappa shape index (κ1) is 15.3. The molecule has 3 rings (SSSR count). The molecule has 0 aromatic heterocycles. The third-order valence-electron chi connectivity index (χ3n) is 3.60. The maximum atomic E-state index is 6.16. The van der Waals surface area contributed by atoms with Crippen molar-refractivity contribution >= 4 is 11.6 Å². The van der Waals surface area contributed by atoms with Crippen LogP contribution in [-0.4, -0.2) is 18.9 Å². The van der Waals surface area contributed by atoms with Gasteiger partial charge in [0.2, 0.25) is 6.29 Å². The summed E-state index contributed by atoms with van der Waals surface area (Å²) in [6.45, 7) is 4.85. The van der Waals surface area contributed by atoms with Gasteiger partial charge in [0, 0.05) is 16.6 Å². The molecular weight excluding hydrogens is 298 g/mol. The molecule has 0 fully saturated rings. The van der Waals surface area contributed by atoms with Crippen molar-refractivity contribution in [2.45, 2.75) is 32.3 Å². The Morgan fingerprint density at radius 3 is 2.64 bits per heavy atom. The van der Waals surface area contributed by atoms with Gasteiger partial charge >= 0.3 is 0 Å². The molecule has 0 radical (unpaired) electrons. The number of fused-ring (bicyclic) bond motifs is 1. The topological polar surface area (TPSA) is 30.5 Å². The Morgan fingerprint density at radius 2 is 1.91 bits per heavy atom. The van der Waals surface area contributed by atoms with Crippen molar-refractivity contribution in [2.75, 3.05) is 6.54 Å². The molecule has 0 bridgehead atoms. The van der Waals surface area contributed by atoms with E-state index in [2.05, 4.69) is 31.3 Å². The molecule has 0 aliphatic carbocycles. The molecule has 22 heavy (non-hydrogen) atoms. The number of hydrogen-bond acceptors (Lipinski definition) is 3. The lowest BCUT2D eigenvalue weighted by Crippen LogP contribution is -2.40. The zero-order valence-electron chi connectivity index (χ0n) is 12.8. The summed E-state index contributed by atoms with van der Waals surface area (Å²) in [4.78, 5) is 0. The van der Waals surface area contributed by atoms with E-state index in [1.807, 2.05) is 36.4 Å². The number of nitrogens with one attached hydrogen (secondary N) is 1. The van der Waals surface area contributed by atoms with E-state index in [0.717, 1.165) is 16.9 Å². The molecule has 116 valence electrons. The molecular formula is C18H20ClNO2. The molecule has 1 heterocycles. The van der Waals surface area contributed by atoms with Gasteiger partial charge in [-0.25, -0.2) is 0 Å². The van der Waals surface area contributed by atoms with Crippen molar-refractivity contribution in [1.82, 2.24) is 5.32 Å². The summed E-state index contributed by atoms with van der Waals surface area (Å²) in [5.74, 6) is 0.833. The van der Waals surface area contributed by atoms with Crippen molar-refractivity contribution in [1.29, 1.82) is 0 Å². The fraction of sp³-hybridized carbons (Fsp3) is 0.333. The van der Waals surface area contributed by atoms with Crippen LogP contribution < -0.4 is 10.1 Å². The maximum Gasteiger partial charge on any atom is 0.213 e. The molecule has 0 saturated carbocycles. The fourth-order valence-corrected chi connectivity index (χ4v) is 2.71. The van der Waals surface area contributed by atoms with Crippen LogP contribution in [-0.2, 0) is 4.74 Å². The monoisotopic (exact) mass is 317 g/mol. The zero-order chi connectivity index (χ0) is 15.5. The van der Waals surface area contributed by atoms with E-state index in [1.165, 1.54) is 0 Å². The van der Waals surface area contributed by atoms with Crippen LogP contribution in [0.25, 0.3) is 0 Å². The lowest BCUT2D eigenvalue weighted by atomic mass is 9.99. The quantitative estimate of drug-likeness (QED) is 0.918. The third kappa shape index (κ3) is 3.43. The Labute approximate surface area is 136 Å². The van der Waals surface area contributed by atoms with Crippen molar-refractivity contribution in [3.8, 4) is 5.75 Å². The SMILES string of the molecule is CC(C)NC[C@H]1Oc2ccc(Cl)cc2[C@@H](c2ccccc2)O1. The highest BCUT2D eigenvalue weighted by Gasteiger charge is 2.30. The van der Waals surface area contributed by atoms with Crippen molar-refractivity contribution in [2.24, 2.45) is 0 Å². The van der Waals surface area contributed by atoms with Gasteiger partial charge in [-0.3, -0.25) is 0 Å². The third-order valence-corrected chi connectivity index (χ3v) is 3.83. The maximum absolute atomic E-state index is 6.16. The Morgan fingerprint density at radius 1 is 1.14 bits per heavy atom. The Balaban J connectivity index is 1.91. The number of halogens is 1. The highest BCUT2D eigenvalue weighted by molar-refractivity contribution is 6.30. The molecule has 0 spiro atoms. The molecule has 2 atom stereocenters. The normalized spacial score (nSPS) is 20.5. The molecule has 1 aliphatic rings. The standard InChI is InChI=1S/C18H20ClNO2/c1-12(2)20-11-17-21-16-9-8-14(19)10-15(16)18(22-17)13-6-4-3-5-7-13/h3-10,12,17-18,20H,11H2,1-2H3/t17-,18+/m0/s1. The highest BCUT2D eigenvalue weighted by atomic mass is 35.5. The minimum atomic E-state index is -0.318. The van der Waals surface area contributed by atoms with Gasteiger partial charge in [0.15, 0.2) is 0 Å². The van der Waals surface area contributed by atoms with Crippen LogP contribution in [0.2, 0.25) is 5.02 Å². The van der Waals surface area contributed by atoms with Crippen molar-refractivity contribution < 1.29 is 9.47 Å². The Kier molecular flexibility index (Phi) is 4.67. The molecule has 2 aromatic carbocycles. The summed E-state index contributed by atoms with van der Waals surface area (Å²) in [7, 11) is 0. The molecule has 1 aliphatic heterocycles. The summed E-state index contributed by atoms with van der Waals surface area (Å²) < 4.78 is 12.1. The number of hydrogen-bond donors (Lipinski definition) is 1. The van der Waals surface area contributed by atoms with E-state index in [9.17, 15) is 0 Å². The molecule has 2 aromatic rings. The first-order chi connectivity index (χ1) is 10.6. The molecule has 0 amide bonds.